The average molecular weight is 284 g/mol. The van der Waals surface area contributed by atoms with Crippen LogP contribution in [0.5, 0.6) is 0 Å². The first-order valence-electron chi connectivity index (χ1n) is 7.01. The summed E-state index contributed by atoms with van der Waals surface area (Å²) in [5.41, 5.74) is 8.66. The van der Waals surface area contributed by atoms with Crippen LogP contribution in [0.2, 0.25) is 0 Å². The molecule has 21 heavy (non-hydrogen) atoms. The van der Waals surface area contributed by atoms with Gasteiger partial charge in [-0.1, -0.05) is 36.8 Å². The van der Waals surface area contributed by atoms with Gasteiger partial charge in [0.15, 0.2) is 11.5 Å². The molecule has 0 saturated carbocycles. The van der Waals surface area contributed by atoms with Gasteiger partial charge in [-0.25, -0.2) is 9.97 Å². The number of rotatable bonds is 4. The fourth-order valence-corrected chi connectivity index (χ4v) is 1.82. The predicted molar refractivity (Wildman–Crippen MR) is 83.8 cm³/mol. The van der Waals surface area contributed by atoms with Crippen LogP contribution in [0.3, 0.4) is 0 Å². The number of benzene rings is 1. The van der Waals surface area contributed by atoms with Crippen molar-refractivity contribution in [3.63, 3.8) is 0 Å². The summed E-state index contributed by atoms with van der Waals surface area (Å²) < 4.78 is 0. The van der Waals surface area contributed by atoms with Crippen molar-refractivity contribution in [2.24, 2.45) is 0 Å². The molecule has 2 rings (SSSR count). The molecule has 1 unspecified atom stereocenters. The molecule has 0 fully saturated rings. The van der Waals surface area contributed by atoms with Gasteiger partial charge in [-0.3, -0.25) is 4.79 Å². The first-order valence-corrected chi connectivity index (χ1v) is 7.01. The molecular formula is C16H20N4O. The summed E-state index contributed by atoms with van der Waals surface area (Å²) in [5, 5.41) is 2.85. The maximum Gasteiger partial charge on any atom is 0.273 e. The molecule has 0 aliphatic rings. The van der Waals surface area contributed by atoms with Gasteiger partial charge >= 0.3 is 0 Å². The molecule has 0 spiro atoms. The van der Waals surface area contributed by atoms with Crippen LogP contribution in [0.4, 0.5) is 5.82 Å². The predicted octanol–water partition coefficient (Wildman–Crippen LogP) is 2.56. The van der Waals surface area contributed by atoms with Crippen molar-refractivity contribution in [2.75, 3.05) is 5.73 Å². The maximum atomic E-state index is 12.2. The number of nitrogens with one attached hydrogen (secondary N) is 1. The highest BCUT2D eigenvalue weighted by Gasteiger charge is 2.16. The molecular weight excluding hydrogens is 264 g/mol. The molecule has 110 valence electrons. The number of aryl methyl sites for hydroxylation is 1. The Balaban J connectivity index is 2.33. The second-order valence-electron chi connectivity index (χ2n) is 5.14. The summed E-state index contributed by atoms with van der Waals surface area (Å²) in [5.74, 6) is -0.144. The van der Waals surface area contributed by atoms with E-state index >= 15 is 0 Å². The lowest BCUT2D eigenvalue weighted by atomic mass is 10.1. The van der Waals surface area contributed by atoms with Gasteiger partial charge in [0, 0.05) is 11.6 Å². The third kappa shape index (κ3) is 3.56. The Hall–Kier alpha value is -2.43. The largest absolute Gasteiger partial charge is 0.382 e. The lowest BCUT2D eigenvalue weighted by Crippen LogP contribution is -2.33. The number of carbonyl (C=O) groups is 1. The van der Waals surface area contributed by atoms with Gasteiger partial charge in [0.25, 0.3) is 5.91 Å². The summed E-state index contributed by atoms with van der Waals surface area (Å²) in [4.78, 5) is 20.6. The zero-order valence-corrected chi connectivity index (χ0v) is 12.6. The number of aromatic nitrogens is 2. The molecule has 0 aliphatic heterocycles. The second kappa shape index (κ2) is 6.35. The van der Waals surface area contributed by atoms with Crippen LogP contribution in [0.15, 0.2) is 30.5 Å². The third-order valence-electron chi connectivity index (χ3n) is 3.35. The van der Waals surface area contributed by atoms with Crippen LogP contribution >= 0.6 is 0 Å². The summed E-state index contributed by atoms with van der Waals surface area (Å²) in [7, 11) is 0. The minimum absolute atomic E-state index is 0.0710. The highest BCUT2D eigenvalue weighted by molar-refractivity contribution is 5.96. The van der Waals surface area contributed by atoms with Gasteiger partial charge in [0.05, 0.1) is 11.9 Å². The molecule has 1 heterocycles. The van der Waals surface area contributed by atoms with E-state index < -0.39 is 0 Å². The number of hydrogen-bond acceptors (Lipinski definition) is 4. The Labute approximate surface area is 124 Å². The lowest BCUT2D eigenvalue weighted by Gasteiger charge is -2.12. The molecule has 5 heteroatoms. The van der Waals surface area contributed by atoms with Crippen LogP contribution in [0.1, 0.15) is 36.3 Å². The van der Waals surface area contributed by atoms with Gasteiger partial charge in [0.1, 0.15) is 0 Å². The molecule has 0 bridgehead atoms. The number of hydrogen-bond donors (Lipinski definition) is 2. The summed E-state index contributed by atoms with van der Waals surface area (Å²) >= 11 is 0. The van der Waals surface area contributed by atoms with E-state index in [1.807, 2.05) is 45.0 Å². The smallest absolute Gasteiger partial charge is 0.273 e. The highest BCUT2D eigenvalue weighted by Crippen LogP contribution is 2.19. The Kier molecular flexibility index (Phi) is 4.52. The Bertz CT molecular complexity index is 637. The van der Waals surface area contributed by atoms with Gasteiger partial charge < -0.3 is 11.1 Å². The van der Waals surface area contributed by atoms with Crippen molar-refractivity contribution < 1.29 is 4.79 Å². The summed E-state index contributed by atoms with van der Waals surface area (Å²) in [6, 6.07) is 7.96. The van der Waals surface area contributed by atoms with Gasteiger partial charge in [-0.2, -0.15) is 0 Å². The number of nitrogens with zero attached hydrogens (tertiary/aromatic N) is 2. The van der Waals surface area contributed by atoms with E-state index in [0.29, 0.717) is 5.69 Å². The van der Waals surface area contributed by atoms with Crippen LogP contribution in [0, 0.1) is 6.92 Å². The quantitative estimate of drug-likeness (QED) is 0.904. The van der Waals surface area contributed by atoms with Crippen molar-refractivity contribution in [3.05, 3.63) is 41.7 Å². The minimum Gasteiger partial charge on any atom is -0.382 e. The molecule has 1 aromatic heterocycles. The van der Waals surface area contributed by atoms with Crippen molar-refractivity contribution in [2.45, 2.75) is 33.2 Å². The Morgan fingerprint density at radius 3 is 2.62 bits per heavy atom. The van der Waals surface area contributed by atoms with Crippen molar-refractivity contribution in [1.82, 2.24) is 15.3 Å². The van der Waals surface area contributed by atoms with Gasteiger partial charge in [0.2, 0.25) is 0 Å². The Morgan fingerprint density at radius 2 is 2.00 bits per heavy atom. The van der Waals surface area contributed by atoms with Crippen molar-refractivity contribution in [3.8, 4) is 11.3 Å². The van der Waals surface area contributed by atoms with E-state index in [1.165, 1.54) is 0 Å². The standard InChI is InChI=1S/C16H20N4O/c1-4-11(3)19-16(21)14-15(17)18-9-13(20-14)12-7-5-10(2)6-8-12/h5-9,11H,4H2,1-3H3,(H2,17,18)(H,19,21). The zero-order valence-electron chi connectivity index (χ0n) is 12.6. The Morgan fingerprint density at radius 1 is 1.33 bits per heavy atom. The third-order valence-corrected chi connectivity index (χ3v) is 3.35. The molecule has 1 aromatic carbocycles. The number of amides is 1. The topological polar surface area (TPSA) is 80.9 Å². The maximum absolute atomic E-state index is 12.2. The first kappa shape index (κ1) is 15.0. The normalized spacial score (nSPS) is 12.0. The van der Waals surface area contributed by atoms with E-state index in [1.54, 1.807) is 6.20 Å². The highest BCUT2D eigenvalue weighted by atomic mass is 16.2. The minimum atomic E-state index is -0.289. The molecule has 3 N–H and O–H groups in total. The molecule has 2 aromatic rings. The zero-order chi connectivity index (χ0) is 15.4. The van der Waals surface area contributed by atoms with Crippen LogP contribution in [-0.4, -0.2) is 21.9 Å². The first-order chi connectivity index (χ1) is 10.0. The molecule has 1 atom stereocenters. The molecule has 5 nitrogen and oxygen atoms in total. The van der Waals surface area contributed by atoms with Gasteiger partial charge in [-0.05, 0) is 20.3 Å². The number of nitrogen functional groups attached to an aromatic ring is 1. The second-order valence-corrected chi connectivity index (χ2v) is 5.14. The van der Waals surface area contributed by atoms with E-state index in [9.17, 15) is 4.79 Å². The molecule has 1 amide bonds. The lowest BCUT2D eigenvalue weighted by molar-refractivity contribution is 0.0935. The average Bonchev–Trinajstić information content (AvgIpc) is 2.48. The van der Waals surface area contributed by atoms with E-state index in [0.717, 1.165) is 17.5 Å². The van der Waals surface area contributed by atoms with Crippen LogP contribution < -0.4 is 11.1 Å². The number of nitrogens with two attached hydrogens (primary N) is 1. The number of carbonyl (C=O) groups excluding carboxylic acids is 1. The molecule has 0 saturated heterocycles. The SMILES string of the molecule is CCC(C)NC(=O)c1nc(-c2ccc(C)cc2)cnc1N. The van der Waals surface area contributed by atoms with Crippen molar-refractivity contribution >= 4 is 11.7 Å². The molecule has 0 aliphatic carbocycles. The van der Waals surface area contributed by atoms with Crippen LogP contribution in [0.25, 0.3) is 11.3 Å². The molecule has 0 radical (unpaired) electrons. The van der Waals surface area contributed by atoms with Crippen molar-refractivity contribution in [1.29, 1.82) is 0 Å². The summed E-state index contributed by atoms with van der Waals surface area (Å²) in [6.07, 6.45) is 2.43. The fourth-order valence-electron chi connectivity index (χ4n) is 1.82. The van der Waals surface area contributed by atoms with Crippen LogP contribution in [-0.2, 0) is 0 Å². The van der Waals surface area contributed by atoms with E-state index in [4.69, 9.17) is 5.73 Å². The van der Waals surface area contributed by atoms with Gasteiger partial charge in [-0.15, -0.1) is 0 Å². The fraction of sp³-hybridized carbons (Fsp3) is 0.312. The van der Waals surface area contributed by atoms with E-state index in [2.05, 4.69) is 15.3 Å². The monoisotopic (exact) mass is 284 g/mol. The summed E-state index contributed by atoms with van der Waals surface area (Å²) in [6.45, 7) is 5.96. The number of anilines is 1. The van der Waals surface area contributed by atoms with E-state index in [-0.39, 0.29) is 23.5 Å².